The number of carbonyl (C=O) groups excluding carboxylic acids is 2. The molecule has 8 nitrogen and oxygen atoms in total. The Morgan fingerprint density at radius 2 is 1.68 bits per heavy atom. The molecule has 8 heteroatoms. The first-order valence-corrected chi connectivity index (χ1v) is 12.8. The fourth-order valence-electron chi connectivity index (χ4n) is 6.36. The molecule has 0 radical (unpaired) electrons. The molecule has 0 aliphatic carbocycles. The van der Waals surface area contributed by atoms with Gasteiger partial charge in [-0.15, -0.1) is 0 Å². The minimum atomic E-state index is -0.666. The van der Waals surface area contributed by atoms with Gasteiger partial charge in [0.15, 0.2) is 11.5 Å². The lowest BCUT2D eigenvalue weighted by Gasteiger charge is -2.46. The topological polar surface area (TPSA) is 99.5 Å². The number of H-pyrrole nitrogens is 2. The van der Waals surface area contributed by atoms with Crippen LogP contribution in [0.1, 0.15) is 28.4 Å². The van der Waals surface area contributed by atoms with E-state index in [0.29, 0.717) is 24.3 Å². The molecule has 8 rings (SSSR count). The number of aromatic nitrogens is 2. The van der Waals surface area contributed by atoms with Gasteiger partial charge in [-0.05, 0) is 41.0 Å². The third-order valence-corrected chi connectivity index (χ3v) is 8.11. The summed E-state index contributed by atoms with van der Waals surface area (Å²) >= 11 is 0. The van der Waals surface area contributed by atoms with Crippen LogP contribution in [0, 0.1) is 0 Å². The summed E-state index contributed by atoms with van der Waals surface area (Å²) in [6, 6.07) is 20.1. The molecule has 0 saturated carbocycles. The molecular weight excluding hydrogens is 480 g/mol. The minimum Gasteiger partial charge on any atom is -0.454 e. The van der Waals surface area contributed by atoms with Crippen LogP contribution in [0.25, 0.3) is 21.8 Å². The largest absolute Gasteiger partial charge is 0.454 e. The summed E-state index contributed by atoms with van der Waals surface area (Å²) in [6.07, 6.45) is 2.79. The fourth-order valence-corrected chi connectivity index (χ4v) is 6.36. The van der Waals surface area contributed by atoms with Crippen LogP contribution >= 0.6 is 0 Å². The molecule has 2 amide bonds. The van der Waals surface area contributed by atoms with Gasteiger partial charge in [0, 0.05) is 46.5 Å². The van der Waals surface area contributed by atoms with Crippen molar-refractivity contribution < 1.29 is 19.1 Å². The highest BCUT2D eigenvalue weighted by Gasteiger charge is 2.49. The highest BCUT2D eigenvalue weighted by atomic mass is 16.7. The molecule has 188 valence electrons. The zero-order valence-electron chi connectivity index (χ0n) is 20.4. The number of ether oxygens (including phenoxy) is 2. The summed E-state index contributed by atoms with van der Waals surface area (Å²) in [5.41, 5.74) is 5.89. The SMILES string of the molecule is O=C1N[C@@H](Cc2c[nH]c3ccccc23)C(=O)N2C(c3ccc4c(c3)OCO4)c3[nH]c4ccccc4c3C[C@H]12. The van der Waals surface area contributed by atoms with E-state index in [0.717, 1.165) is 44.2 Å². The molecule has 0 bridgehead atoms. The Kier molecular flexibility index (Phi) is 4.44. The molecule has 3 atom stereocenters. The predicted octanol–water partition coefficient (Wildman–Crippen LogP) is 3.96. The maximum Gasteiger partial charge on any atom is 0.247 e. The quantitative estimate of drug-likeness (QED) is 0.346. The second-order valence-corrected chi connectivity index (χ2v) is 10.2. The van der Waals surface area contributed by atoms with Crippen LogP contribution in [0.2, 0.25) is 0 Å². The van der Waals surface area contributed by atoms with Gasteiger partial charge in [0.1, 0.15) is 12.1 Å². The van der Waals surface area contributed by atoms with E-state index in [1.165, 1.54) is 0 Å². The first-order valence-electron chi connectivity index (χ1n) is 12.8. The van der Waals surface area contributed by atoms with Crippen LogP contribution in [0.15, 0.2) is 72.9 Å². The van der Waals surface area contributed by atoms with Crippen LogP contribution in [0.4, 0.5) is 0 Å². The Labute approximate surface area is 217 Å². The highest BCUT2D eigenvalue weighted by Crippen LogP contribution is 2.44. The van der Waals surface area contributed by atoms with Crippen molar-refractivity contribution >= 4 is 33.6 Å². The van der Waals surface area contributed by atoms with Gasteiger partial charge < -0.3 is 29.7 Å². The number of hydrogen-bond donors (Lipinski definition) is 3. The van der Waals surface area contributed by atoms with Gasteiger partial charge in [-0.25, -0.2) is 0 Å². The van der Waals surface area contributed by atoms with Crippen molar-refractivity contribution in [1.29, 1.82) is 0 Å². The lowest BCUT2D eigenvalue weighted by molar-refractivity contribution is -0.152. The summed E-state index contributed by atoms with van der Waals surface area (Å²) in [4.78, 5) is 36.5. The summed E-state index contributed by atoms with van der Waals surface area (Å²) < 4.78 is 11.2. The lowest BCUT2D eigenvalue weighted by atomic mass is 9.85. The second-order valence-electron chi connectivity index (χ2n) is 10.2. The van der Waals surface area contributed by atoms with Crippen molar-refractivity contribution in [2.75, 3.05) is 6.79 Å². The molecular formula is C30H24N4O4. The number of amides is 2. The van der Waals surface area contributed by atoms with Crippen molar-refractivity contribution in [1.82, 2.24) is 20.2 Å². The van der Waals surface area contributed by atoms with Crippen LogP contribution in [0.3, 0.4) is 0 Å². The average molecular weight is 505 g/mol. The summed E-state index contributed by atoms with van der Waals surface area (Å²) in [6.45, 7) is 0.168. The number of hydrogen-bond acceptors (Lipinski definition) is 4. The summed E-state index contributed by atoms with van der Waals surface area (Å²) in [7, 11) is 0. The Hall–Kier alpha value is -4.72. The van der Waals surface area contributed by atoms with Crippen molar-refractivity contribution in [2.24, 2.45) is 0 Å². The van der Waals surface area contributed by atoms with Crippen LogP contribution < -0.4 is 14.8 Å². The Morgan fingerprint density at radius 3 is 2.58 bits per heavy atom. The van der Waals surface area contributed by atoms with Crippen molar-refractivity contribution in [3.05, 3.63) is 95.3 Å². The van der Waals surface area contributed by atoms with E-state index in [-0.39, 0.29) is 18.6 Å². The normalized spacial score (nSPS) is 22.0. The summed E-state index contributed by atoms with van der Waals surface area (Å²) in [5.74, 6) is 1.10. The number of para-hydroxylation sites is 2. The molecule has 5 heterocycles. The number of carbonyl (C=O) groups is 2. The van der Waals surface area contributed by atoms with E-state index in [4.69, 9.17) is 9.47 Å². The van der Waals surface area contributed by atoms with Gasteiger partial charge in [0.2, 0.25) is 18.6 Å². The van der Waals surface area contributed by atoms with E-state index >= 15 is 0 Å². The monoisotopic (exact) mass is 504 g/mol. The maximum absolute atomic E-state index is 14.2. The molecule has 3 aliphatic rings. The minimum absolute atomic E-state index is 0.0909. The van der Waals surface area contributed by atoms with Crippen molar-refractivity contribution in [3.8, 4) is 11.5 Å². The highest BCUT2D eigenvalue weighted by molar-refractivity contribution is 6.00. The summed E-state index contributed by atoms with van der Waals surface area (Å²) in [5, 5.41) is 5.19. The third-order valence-electron chi connectivity index (χ3n) is 8.11. The van der Waals surface area contributed by atoms with E-state index < -0.39 is 18.1 Å². The molecule has 2 aromatic heterocycles. The first kappa shape index (κ1) is 21.4. The van der Waals surface area contributed by atoms with Crippen molar-refractivity contribution in [3.63, 3.8) is 0 Å². The van der Waals surface area contributed by atoms with Crippen LogP contribution in [0.5, 0.6) is 11.5 Å². The predicted molar refractivity (Wildman–Crippen MR) is 141 cm³/mol. The smallest absolute Gasteiger partial charge is 0.247 e. The number of rotatable bonds is 3. The molecule has 5 aromatic rings. The molecule has 38 heavy (non-hydrogen) atoms. The zero-order chi connectivity index (χ0) is 25.4. The molecule has 3 aliphatic heterocycles. The second kappa shape index (κ2) is 7.89. The first-order chi connectivity index (χ1) is 18.7. The molecule has 3 N–H and O–H groups in total. The Morgan fingerprint density at radius 1 is 0.895 bits per heavy atom. The number of benzene rings is 3. The van der Waals surface area contributed by atoms with E-state index in [1.54, 1.807) is 4.90 Å². The Balaban J connectivity index is 1.26. The number of piperazine rings is 1. The number of aromatic amines is 2. The van der Waals surface area contributed by atoms with Crippen LogP contribution in [-0.4, -0.2) is 45.6 Å². The van der Waals surface area contributed by atoms with Crippen LogP contribution in [-0.2, 0) is 22.4 Å². The number of nitrogens with one attached hydrogen (secondary N) is 3. The van der Waals surface area contributed by atoms with E-state index in [2.05, 4.69) is 21.4 Å². The zero-order valence-corrected chi connectivity index (χ0v) is 20.4. The fraction of sp³-hybridized carbons (Fsp3) is 0.200. The van der Waals surface area contributed by atoms with Gasteiger partial charge in [-0.3, -0.25) is 9.59 Å². The molecule has 1 unspecified atom stereocenters. The molecule has 0 spiro atoms. The van der Waals surface area contributed by atoms with Gasteiger partial charge in [-0.2, -0.15) is 0 Å². The standard InChI is InChI=1S/C30H24N4O4/c35-29-24-13-20-19-6-2-4-8-22(19)32-27(20)28(16-9-10-25-26(12-16)38-15-37-25)34(24)30(36)23(33-29)11-17-14-31-21-7-3-1-5-18(17)21/h1-10,12,14,23-24,28,31-32H,11,13,15H2,(H,33,35)/t23-,24+,28?/m0/s1. The average Bonchev–Trinajstić information content (AvgIpc) is 3.67. The number of nitrogens with zero attached hydrogens (tertiary/aromatic N) is 1. The van der Waals surface area contributed by atoms with Gasteiger partial charge in [0.25, 0.3) is 0 Å². The molecule has 3 aromatic carbocycles. The van der Waals surface area contributed by atoms with Gasteiger partial charge in [0.05, 0.1) is 6.04 Å². The number of fused-ring (bicyclic) bond motifs is 6. The van der Waals surface area contributed by atoms with Crippen molar-refractivity contribution in [2.45, 2.75) is 31.0 Å². The molecule has 1 fully saturated rings. The lowest BCUT2D eigenvalue weighted by Crippen LogP contribution is -2.66. The van der Waals surface area contributed by atoms with Gasteiger partial charge >= 0.3 is 0 Å². The Bertz CT molecular complexity index is 1770. The third kappa shape index (κ3) is 3.03. The molecule has 1 saturated heterocycles. The maximum atomic E-state index is 14.2. The van der Waals surface area contributed by atoms with E-state index in [1.807, 2.05) is 66.9 Å². The van der Waals surface area contributed by atoms with E-state index in [9.17, 15) is 9.59 Å². The van der Waals surface area contributed by atoms with Gasteiger partial charge in [-0.1, -0.05) is 42.5 Å².